The molecule has 2 unspecified atom stereocenters. The van der Waals surface area contributed by atoms with Crippen LogP contribution in [0.4, 0.5) is 0 Å². The van der Waals surface area contributed by atoms with Gasteiger partial charge in [-0.05, 0) is 13.3 Å². The third-order valence-corrected chi connectivity index (χ3v) is 2.89. The molecule has 13 heavy (non-hydrogen) atoms. The lowest BCUT2D eigenvalue weighted by molar-refractivity contribution is -0.307. The van der Waals surface area contributed by atoms with Gasteiger partial charge in [-0.15, -0.1) is 0 Å². The summed E-state index contributed by atoms with van der Waals surface area (Å²) in [6.45, 7) is 3.34. The zero-order valence-electron chi connectivity index (χ0n) is 7.69. The molecule has 3 saturated heterocycles. The Hall–Kier alpha value is -0.160. The molecular formula is C9H14O4. The molecule has 3 rings (SSSR count). The van der Waals surface area contributed by atoms with Crippen LogP contribution >= 0.6 is 0 Å². The molecule has 0 aromatic carbocycles. The van der Waals surface area contributed by atoms with Crippen molar-refractivity contribution in [1.82, 2.24) is 0 Å². The molecule has 2 bridgehead atoms. The highest BCUT2D eigenvalue weighted by atomic mass is 16.8. The molecule has 4 nitrogen and oxygen atoms in total. The average Bonchev–Trinajstić information content (AvgIpc) is 2.66. The largest absolute Gasteiger partial charge is 0.345 e. The van der Waals surface area contributed by atoms with Crippen molar-refractivity contribution in [2.24, 2.45) is 0 Å². The van der Waals surface area contributed by atoms with Gasteiger partial charge in [-0.3, -0.25) is 0 Å². The van der Waals surface area contributed by atoms with Crippen LogP contribution in [0.15, 0.2) is 0 Å². The standard InChI is InChI=1S/C9H14O4/c1-6-4-11-9(13-6)3-2-7-5-10-8(9)12-7/h6-8H,2-5H2,1H3/t6?,7-,8+,9?/m0/s1. The fourth-order valence-corrected chi connectivity index (χ4v) is 2.23. The molecule has 4 heteroatoms. The first kappa shape index (κ1) is 8.17. The van der Waals surface area contributed by atoms with Gasteiger partial charge in [0.05, 0.1) is 25.4 Å². The van der Waals surface area contributed by atoms with Crippen molar-refractivity contribution in [3.8, 4) is 0 Å². The van der Waals surface area contributed by atoms with Crippen molar-refractivity contribution in [2.45, 2.75) is 44.1 Å². The Morgan fingerprint density at radius 1 is 1.31 bits per heavy atom. The number of fused-ring (bicyclic) bond motifs is 3. The normalized spacial score (nSPS) is 54.7. The zero-order valence-corrected chi connectivity index (χ0v) is 7.69. The first-order valence-corrected chi connectivity index (χ1v) is 4.87. The van der Waals surface area contributed by atoms with E-state index in [0.29, 0.717) is 13.2 Å². The Labute approximate surface area is 77.1 Å². The Morgan fingerprint density at radius 3 is 3.00 bits per heavy atom. The van der Waals surface area contributed by atoms with Crippen molar-refractivity contribution in [3.63, 3.8) is 0 Å². The van der Waals surface area contributed by atoms with Gasteiger partial charge < -0.3 is 18.9 Å². The van der Waals surface area contributed by atoms with Crippen LogP contribution in [0.2, 0.25) is 0 Å². The van der Waals surface area contributed by atoms with E-state index in [2.05, 4.69) is 0 Å². The number of hydrogen-bond donors (Lipinski definition) is 0. The third-order valence-electron chi connectivity index (χ3n) is 2.89. The molecule has 74 valence electrons. The highest BCUT2D eigenvalue weighted by molar-refractivity contribution is 4.90. The van der Waals surface area contributed by atoms with Gasteiger partial charge in [-0.25, -0.2) is 0 Å². The summed E-state index contributed by atoms with van der Waals surface area (Å²) in [5.74, 6) is -0.591. The van der Waals surface area contributed by atoms with Crippen LogP contribution in [-0.4, -0.2) is 37.5 Å². The van der Waals surface area contributed by atoms with Crippen molar-refractivity contribution >= 4 is 0 Å². The number of ether oxygens (including phenoxy) is 4. The highest BCUT2D eigenvalue weighted by Crippen LogP contribution is 2.41. The maximum Gasteiger partial charge on any atom is 0.221 e. The predicted octanol–water partition coefficient (Wildman–Crippen LogP) is 0.653. The van der Waals surface area contributed by atoms with E-state index in [-0.39, 0.29) is 18.5 Å². The summed E-state index contributed by atoms with van der Waals surface area (Å²) < 4.78 is 22.5. The third kappa shape index (κ3) is 1.13. The molecule has 0 amide bonds. The maximum atomic E-state index is 5.75. The zero-order chi connectivity index (χ0) is 8.89. The van der Waals surface area contributed by atoms with Crippen LogP contribution in [0.1, 0.15) is 19.8 Å². The van der Waals surface area contributed by atoms with Crippen molar-refractivity contribution < 1.29 is 18.9 Å². The maximum absolute atomic E-state index is 5.75. The van der Waals surface area contributed by atoms with Gasteiger partial charge in [-0.1, -0.05) is 0 Å². The van der Waals surface area contributed by atoms with E-state index in [1.807, 2.05) is 6.92 Å². The summed E-state index contributed by atoms with van der Waals surface area (Å²) in [6.07, 6.45) is 2.00. The first-order chi connectivity index (χ1) is 6.28. The fraction of sp³-hybridized carbons (Fsp3) is 1.00. The van der Waals surface area contributed by atoms with Crippen molar-refractivity contribution in [3.05, 3.63) is 0 Å². The van der Waals surface area contributed by atoms with Crippen LogP contribution < -0.4 is 0 Å². The molecule has 0 aromatic rings. The van der Waals surface area contributed by atoms with Gasteiger partial charge in [-0.2, -0.15) is 0 Å². The molecule has 3 fully saturated rings. The van der Waals surface area contributed by atoms with Gasteiger partial charge >= 0.3 is 0 Å². The van der Waals surface area contributed by atoms with E-state index in [0.717, 1.165) is 12.8 Å². The van der Waals surface area contributed by atoms with Crippen LogP contribution in [0.25, 0.3) is 0 Å². The van der Waals surface area contributed by atoms with Crippen LogP contribution in [0.5, 0.6) is 0 Å². The molecule has 0 N–H and O–H groups in total. The monoisotopic (exact) mass is 186 g/mol. The summed E-state index contributed by atoms with van der Waals surface area (Å²) in [4.78, 5) is 0. The summed E-state index contributed by atoms with van der Waals surface area (Å²) in [5, 5.41) is 0. The minimum atomic E-state index is -0.591. The van der Waals surface area contributed by atoms with E-state index in [9.17, 15) is 0 Å². The summed E-state index contributed by atoms with van der Waals surface area (Å²) >= 11 is 0. The summed E-state index contributed by atoms with van der Waals surface area (Å²) in [6, 6.07) is 0. The number of rotatable bonds is 0. The van der Waals surface area contributed by atoms with E-state index in [1.54, 1.807) is 0 Å². The minimum Gasteiger partial charge on any atom is -0.345 e. The Bertz CT molecular complexity index is 220. The lowest BCUT2D eigenvalue weighted by atomic mass is 10.1. The van der Waals surface area contributed by atoms with Crippen molar-refractivity contribution in [2.75, 3.05) is 13.2 Å². The average molecular weight is 186 g/mol. The van der Waals surface area contributed by atoms with E-state index in [1.165, 1.54) is 0 Å². The summed E-state index contributed by atoms with van der Waals surface area (Å²) in [5.41, 5.74) is 0. The second kappa shape index (κ2) is 2.67. The molecule has 0 aromatic heterocycles. The van der Waals surface area contributed by atoms with Gasteiger partial charge in [0, 0.05) is 6.42 Å². The lowest BCUT2D eigenvalue weighted by Crippen LogP contribution is -2.47. The summed E-state index contributed by atoms with van der Waals surface area (Å²) in [7, 11) is 0. The SMILES string of the molecule is CC1COC2(CC[C@H]3CO[C@@H]2O3)O1. The molecule has 3 aliphatic rings. The van der Waals surface area contributed by atoms with Crippen LogP contribution in [-0.2, 0) is 18.9 Å². The second-order valence-corrected chi connectivity index (χ2v) is 4.01. The second-order valence-electron chi connectivity index (χ2n) is 4.01. The number of hydrogen-bond acceptors (Lipinski definition) is 4. The molecule has 0 saturated carbocycles. The Balaban J connectivity index is 1.82. The predicted molar refractivity (Wildman–Crippen MR) is 43.1 cm³/mol. The van der Waals surface area contributed by atoms with E-state index in [4.69, 9.17) is 18.9 Å². The molecular weight excluding hydrogens is 172 g/mol. The first-order valence-electron chi connectivity index (χ1n) is 4.87. The fourth-order valence-electron chi connectivity index (χ4n) is 2.23. The van der Waals surface area contributed by atoms with Gasteiger partial charge in [0.25, 0.3) is 0 Å². The minimum absolute atomic E-state index is 0.157. The Morgan fingerprint density at radius 2 is 2.23 bits per heavy atom. The van der Waals surface area contributed by atoms with Gasteiger partial charge in [0.15, 0.2) is 0 Å². The van der Waals surface area contributed by atoms with Gasteiger partial charge in [0.1, 0.15) is 0 Å². The van der Waals surface area contributed by atoms with Crippen LogP contribution in [0.3, 0.4) is 0 Å². The topological polar surface area (TPSA) is 36.9 Å². The van der Waals surface area contributed by atoms with E-state index < -0.39 is 5.79 Å². The molecule has 4 atom stereocenters. The lowest BCUT2D eigenvalue weighted by Gasteiger charge is -2.35. The molecule has 3 aliphatic heterocycles. The molecule has 3 heterocycles. The molecule has 0 radical (unpaired) electrons. The molecule has 1 spiro atoms. The highest BCUT2D eigenvalue weighted by Gasteiger charge is 2.55. The van der Waals surface area contributed by atoms with E-state index >= 15 is 0 Å². The Kier molecular flexibility index (Phi) is 1.68. The molecule has 0 aliphatic carbocycles. The quantitative estimate of drug-likeness (QED) is 0.556. The van der Waals surface area contributed by atoms with Gasteiger partial charge in [0.2, 0.25) is 12.1 Å². The van der Waals surface area contributed by atoms with Crippen LogP contribution in [0, 0.1) is 0 Å². The smallest absolute Gasteiger partial charge is 0.221 e. The van der Waals surface area contributed by atoms with Crippen molar-refractivity contribution in [1.29, 1.82) is 0 Å².